The number of nitrogens with zero attached hydrogens (tertiary/aromatic N) is 2. The second-order valence-corrected chi connectivity index (χ2v) is 5.14. The van der Waals surface area contributed by atoms with Gasteiger partial charge in [-0.1, -0.05) is 50.4 Å². The van der Waals surface area contributed by atoms with Gasteiger partial charge in [0.1, 0.15) is 17.4 Å². The second kappa shape index (κ2) is 6.89. The fraction of sp³-hybridized carbons (Fsp3) is 0.222. The lowest BCUT2D eigenvalue weighted by Crippen LogP contribution is -2.14. The minimum absolute atomic E-state index is 0.417. The van der Waals surface area contributed by atoms with E-state index < -0.39 is 0 Å². The van der Waals surface area contributed by atoms with Crippen molar-refractivity contribution in [2.75, 3.05) is 0 Å². The number of aromatic amines is 1. The van der Waals surface area contributed by atoms with Crippen LogP contribution < -0.4 is 5.73 Å². The molecule has 0 fully saturated rings. The van der Waals surface area contributed by atoms with Crippen LogP contribution in [0.15, 0.2) is 42.4 Å². The van der Waals surface area contributed by atoms with E-state index in [0.717, 1.165) is 41.2 Å². The highest BCUT2D eigenvalue weighted by Gasteiger charge is 2.11. The number of aryl methyl sites for hydroxylation is 2. The summed E-state index contributed by atoms with van der Waals surface area (Å²) in [5.41, 5.74) is 10.2. The van der Waals surface area contributed by atoms with Crippen molar-refractivity contribution in [1.82, 2.24) is 9.97 Å². The molecule has 4 nitrogen and oxygen atoms in total. The lowest BCUT2D eigenvalue weighted by atomic mass is 10.1. The molecule has 1 aromatic heterocycles. The SMILES string of the molecule is C=Cc1ccccc1C(N)=NC(=C)c1nc(CCC)[nH]c1C. The average molecular weight is 294 g/mol. The molecule has 0 radical (unpaired) electrons. The molecular formula is C18H22N4. The Morgan fingerprint density at radius 1 is 1.41 bits per heavy atom. The first-order valence-electron chi connectivity index (χ1n) is 7.37. The van der Waals surface area contributed by atoms with Crippen LogP contribution in [-0.4, -0.2) is 15.8 Å². The molecule has 2 rings (SSSR count). The quantitative estimate of drug-likeness (QED) is 0.630. The van der Waals surface area contributed by atoms with Gasteiger partial charge in [0.2, 0.25) is 0 Å². The maximum absolute atomic E-state index is 6.13. The van der Waals surface area contributed by atoms with Gasteiger partial charge in [-0.2, -0.15) is 0 Å². The second-order valence-electron chi connectivity index (χ2n) is 5.14. The summed E-state index contributed by atoms with van der Waals surface area (Å²) >= 11 is 0. The molecular weight excluding hydrogens is 272 g/mol. The van der Waals surface area contributed by atoms with Gasteiger partial charge in [-0.15, -0.1) is 0 Å². The molecule has 4 heteroatoms. The number of imidazole rings is 1. The van der Waals surface area contributed by atoms with Crippen molar-refractivity contribution in [3.05, 3.63) is 65.8 Å². The summed E-state index contributed by atoms with van der Waals surface area (Å²) in [6, 6.07) is 7.74. The molecule has 0 saturated heterocycles. The van der Waals surface area contributed by atoms with Crippen LogP contribution in [0.4, 0.5) is 0 Å². The summed E-state index contributed by atoms with van der Waals surface area (Å²) in [4.78, 5) is 12.2. The van der Waals surface area contributed by atoms with Crippen molar-refractivity contribution < 1.29 is 0 Å². The van der Waals surface area contributed by atoms with Crippen LogP contribution >= 0.6 is 0 Å². The number of amidine groups is 1. The van der Waals surface area contributed by atoms with Gasteiger partial charge in [0.05, 0.1) is 5.70 Å². The number of nitrogens with one attached hydrogen (secondary N) is 1. The summed E-state index contributed by atoms with van der Waals surface area (Å²) in [6.07, 6.45) is 3.71. The van der Waals surface area contributed by atoms with Gasteiger partial charge in [-0.3, -0.25) is 0 Å². The van der Waals surface area contributed by atoms with Crippen LogP contribution in [0.5, 0.6) is 0 Å². The molecule has 3 N–H and O–H groups in total. The Morgan fingerprint density at radius 3 is 2.82 bits per heavy atom. The summed E-state index contributed by atoms with van der Waals surface area (Å²) in [5.74, 6) is 1.37. The number of benzene rings is 1. The molecule has 0 atom stereocenters. The van der Waals surface area contributed by atoms with E-state index >= 15 is 0 Å². The third-order valence-corrected chi connectivity index (χ3v) is 3.41. The van der Waals surface area contributed by atoms with Crippen LogP contribution in [0, 0.1) is 6.92 Å². The van der Waals surface area contributed by atoms with E-state index in [2.05, 4.69) is 35.0 Å². The predicted octanol–water partition coefficient (Wildman–Crippen LogP) is 3.69. The molecule has 0 spiro atoms. The van der Waals surface area contributed by atoms with Gasteiger partial charge >= 0.3 is 0 Å². The lowest BCUT2D eigenvalue weighted by molar-refractivity contribution is 0.853. The molecule has 0 bridgehead atoms. The van der Waals surface area contributed by atoms with E-state index in [-0.39, 0.29) is 0 Å². The highest BCUT2D eigenvalue weighted by Crippen LogP contribution is 2.18. The Bertz CT molecular complexity index is 722. The first kappa shape index (κ1) is 15.8. The van der Waals surface area contributed by atoms with Crippen LogP contribution in [-0.2, 0) is 6.42 Å². The van der Waals surface area contributed by atoms with E-state index in [9.17, 15) is 0 Å². The zero-order chi connectivity index (χ0) is 16.1. The van der Waals surface area contributed by atoms with Crippen molar-refractivity contribution in [2.24, 2.45) is 10.7 Å². The number of H-pyrrole nitrogens is 1. The zero-order valence-electron chi connectivity index (χ0n) is 13.2. The number of nitrogens with two attached hydrogens (primary N) is 1. The first-order valence-corrected chi connectivity index (χ1v) is 7.37. The molecule has 0 aliphatic rings. The number of aromatic nitrogens is 2. The third-order valence-electron chi connectivity index (χ3n) is 3.41. The van der Waals surface area contributed by atoms with Crippen molar-refractivity contribution in [3.8, 4) is 0 Å². The summed E-state index contributed by atoms with van der Waals surface area (Å²) < 4.78 is 0. The summed E-state index contributed by atoms with van der Waals surface area (Å²) in [7, 11) is 0. The standard InChI is InChI=1S/C18H22N4/c1-5-9-16-20-12(3)17(22-16)13(4)21-18(19)15-11-8-7-10-14(15)6-2/h6-8,10-11H,2,4-5,9H2,1,3H3,(H2,19,21)(H,20,22). The molecule has 22 heavy (non-hydrogen) atoms. The van der Waals surface area contributed by atoms with Gasteiger partial charge in [-0.25, -0.2) is 9.98 Å². The Hall–Kier alpha value is -2.62. The molecule has 0 amide bonds. The van der Waals surface area contributed by atoms with E-state index in [1.54, 1.807) is 6.08 Å². The Balaban J connectivity index is 2.32. The van der Waals surface area contributed by atoms with Crippen molar-refractivity contribution >= 4 is 17.6 Å². The molecule has 1 aromatic carbocycles. The maximum Gasteiger partial charge on any atom is 0.132 e. The molecule has 0 saturated carbocycles. The number of aliphatic imine (C=N–C) groups is 1. The molecule has 0 aliphatic carbocycles. The van der Waals surface area contributed by atoms with Gasteiger partial charge in [0.15, 0.2) is 0 Å². The van der Waals surface area contributed by atoms with Gasteiger partial charge in [-0.05, 0) is 18.9 Å². The predicted molar refractivity (Wildman–Crippen MR) is 93.6 cm³/mol. The average Bonchev–Trinajstić information content (AvgIpc) is 2.88. The van der Waals surface area contributed by atoms with Crippen LogP contribution in [0.3, 0.4) is 0 Å². The molecule has 2 aromatic rings. The largest absolute Gasteiger partial charge is 0.383 e. The monoisotopic (exact) mass is 294 g/mol. The van der Waals surface area contributed by atoms with E-state index in [1.165, 1.54) is 0 Å². The first-order chi connectivity index (χ1) is 10.6. The smallest absolute Gasteiger partial charge is 0.132 e. The molecule has 0 unspecified atom stereocenters. The van der Waals surface area contributed by atoms with E-state index in [1.807, 2.05) is 31.2 Å². The third kappa shape index (κ3) is 3.34. The van der Waals surface area contributed by atoms with Crippen LogP contribution in [0.1, 0.15) is 41.7 Å². The Morgan fingerprint density at radius 2 is 2.14 bits per heavy atom. The highest BCUT2D eigenvalue weighted by atomic mass is 15.0. The fourth-order valence-electron chi connectivity index (χ4n) is 2.33. The summed E-state index contributed by atoms with van der Waals surface area (Å²) in [6.45, 7) is 11.9. The minimum Gasteiger partial charge on any atom is -0.383 e. The van der Waals surface area contributed by atoms with Crippen molar-refractivity contribution in [3.63, 3.8) is 0 Å². The Labute approximate surface area is 131 Å². The number of hydrogen-bond acceptors (Lipinski definition) is 2. The van der Waals surface area contributed by atoms with Crippen LogP contribution in [0.2, 0.25) is 0 Å². The topological polar surface area (TPSA) is 67.1 Å². The number of rotatable bonds is 6. The molecule has 0 aliphatic heterocycles. The lowest BCUT2D eigenvalue weighted by Gasteiger charge is -2.06. The van der Waals surface area contributed by atoms with Gasteiger partial charge in [0.25, 0.3) is 0 Å². The van der Waals surface area contributed by atoms with Gasteiger partial charge < -0.3 is 10.7 Å². The highest BCUT2D eigenvalue weighted by molar-refractivity contribution is 6.03. The van der Waals surface area contributed by atoms with Crippen molar-refractivity contribution in [1.29, 1.82) is 0 Å². The fourth-order valence-corrected chi connectivity index (χ4v) is 2.33. The molecule has 1 heterocycles. The molecule has 114 valence electrons. The zero-order valence-corrected chi connectivity index (χ0v) is 13.2. The van der Waals surface area contributed by atoms with E-state index in [0.29, 0.717) is 11.5 Å². The normalized spacial score (nSPS) is 11.5. The Kier molecular flexibility index (Phi) is 4.94. The van der Waals surface area contributed by atoms with Crippen LogP contribution in [0.25, 0.3) is 11.8 Å². The van der Waals surface area contributed by atoms with E-state index in [4.69, 9.17) is 5.73 Å². The number of hydrogen-bond donors (Lipinski definition) is 2. The summed E-state index contributed by atoms with van der Waals surface area (Å²) in [5, 5.41) is 0. The minimum atomic E-state index is 0.417. The maximum atomic E-state index is 6.13. The van der Waals surface area contributed by atoms with Crippen molar-refractivity contribution in [2.45, 2.75) is 26.7 Å². The van der Waals surface area contributed by atoms with Gasteiger partial charge in [0, 0.05) is 17.7 Å².